The molecule has 2 aromatic heterocycles. The predicted octanol–water partition coefficient (Wildman–Crippen LogP) is 4.35. The molecule has 3 aromatic rings. The molecule has 2 heterocycles. The summed E-state index contributed by atoms with van der Waals surface area (Å²) in [7, 11) is 0. The van der Waals surface area contributed by atoms with Gasteiger partial charge in [0.05, 0.1) is 10.6 Å². The van der Waals surface area contributed by atoms with Crippen LogP contribution in [0.1, 0.15) is 5.56 Å². The first-order chi connectivity index (χ1) is 11.2. The molecule has 0 fully saturated rings. The average molecular weight is 361 g/mol. The molecule has 0 spiro atoms. The van der Waals surface area contributed by atoms with E-state index in [2.05, 4.69) is 20.6 Å². The fourth-order valence-corrected chi connectivity index (χ4v) is 3.00. The van der Waals surface area contributed by atoms with Crippen LogP contribution in [0.4, 0.5) is 5.95 Å². The van der Waals surface area contributed by atoms with Crippen molar-refractivity contribution in [2.75, 3.05) is 5.32 Å². The van der Waals surface area contributed by atoms with Crippen molar-refractivity contribution in [3.8, 4) is 10.6 Å². The highest BCUT2D eigenvalue weighted by Gasteiger charge is 2.05. The lowest BCUT2D eigenvalue weighted by molar-refractivity contribution is 0.923. The maximum Gasteiger partial charge on any atom is 0.229 e. The second-order valence-corrected chi connectivity index (χ2v) is 6.41. The Labute approximate surface area is 148 Å². The molecule has 0 aliphatic rings. The highest BCUT2D eigenvalue weighted by Crippen LogP contribution is 2.22. The van der Waals surface area contributed by atoms with E-state index in [4.69, 9.17) is 23.8 Å². The fraction of sp³-hybridized carbons (Fsp3) is 0.0625. The molecule has 0 atom stereocenters. The van der Waals surface area contributed by atoms with Crippen LogP contribution < -0.4 is 10.6 Å². The number of nitrogens with zero attached hydrogens (tertiary/aromatic N) is 2. The predicted molar refractivity (Wildman–Crippen MR) is 99.9 cm³/mol. The average Bonchev–Trinajstić information content (AvgIpc) is 3.09. The zero-order valence-electron chi connectivity index (χ0n) is 12.0. The molecule has 7 heteroatoms. The van der Waals surface area contributed by atoms with E-state index in [-0.39, 0.29) is 0 Å². The van der Waals surface area contributed by atoms with Crippen LogP contribution >= 0.6 is 35.2 Å². The van der Waals surface area contributed by atoms with Gasteiger partial charge in [-0.05, 0) is 41.4 Å². The number of hydrogen-bond donors (Lipinski definition) is 2. The van der Waals surface area contributed by atoms with E-state index in [1.165, 1.54) is 0 Å². The summed E-state index contributed by atoms with van der Waals surface area (Å²) in [5, 5.41) is 9.27. The molecule has 2 N–H and O–H groups in total. The Balaban J connectivity index is 1.62. The fourth-order valence-electron chi connectivity index (χ4n) is 1.94. The Morgan fingerprint density at radius 1 is 1.17 bits per heavy atom. The molecule has 0 unspecified atom stereocenters. The van der Waals surface area contributed by atoms with Gasteiger partial charge in [0.15, 0.2) is 5.11 Å². The molecule has 0 aliphatic carbocycles. The second kappa shape index (κ2) is 7.50. The molecule has 116 valence electrons. The quantitative estimate of drug-likeness (QED) is 0.677. The first-order valence-corrected chi connectivity index (χ1v) is 8.54. The summed E-state index contributed by atoms with van der Waals surface area (Å²) >= 11 is 13.0. The van der Waals surface area contributed by atoms with E-state index >= 15 is 0 Å². The van der Waals surface area contributed by atoms with Crippen molar-refractivity contribution in [1.29, 1.82) is 0 Å². The van der Waals surface area contributed by atoms with Crippen molar-refractivity contribution in [2.45, 2.75) is 6.54 Å². The summed E-state index contributed by atoms with van der Waals surface area (Å²) in [6, 6.07) is 13.5. The summed E-state index contributed by atoms with van der Waals surface area (Å²) in [5.41, 5.74) is 1.85. The molecule has 3 rings (SSSR count). The number of thiophene rings is 1. The lowest BCUT2D eigenvalue weighted by Gasteiger charge is -2.10. The Bertz CT molecular complexity index is 805. The standard InChI is InChI=1S/C16H13ClN4S2/c17-12-5-2-1-4-11(12)10-19-16(22)21-15-18-8-7-13(20-15)14-6-3-9-23-14/h1-9H,10H2,(H2,18,19,20,21,22). The van der Waals surface area contributed by atoms with Crippen LogP contribution in [-0.2, 0) is 6.54 Å². The van der Waals surface area contributed by atoms with E-state index in [1.54, 1.807) is 17.5 Å². The normalized spacial score (nSPS) is 10.3. The van der Waals surface area contributed by atoms with Crippen LogP contribution in [0.15, 0.2) is 54.0 Å². The molecule has 0 radical (unpaired) electrons. The van der Waals surface area contributed by atoms with E-state index in [9.17, 15) is 0 Å². The third-order valence-electron chi connectivity index (χ3n) is 3.05. The maximum atomic E-state index is 6.12. The first-order valence-electron chi connectivity index (χ1n) is 6.87. The van der Waals surface area contributed by atoms with Crippen molar-refractivity contribution in [1.82, 2.24) is 15.3 Å². The van der Waals surface area contributed by atoms with Gasteiger partial charge in [0, 0.05) is 17.8 Å². The molecule has 0 saturated carbocycles. The first kappa shape index (κ1) is 15.9. The van der Waals surface area contributed by atoms with E-state index < -0.39 is 0 Å². The Morgan fingerprint density at radius 3 is 2.83 bits per heavy atom. The van der Waals surface area contributed by atoms with Gasteiger partial charge in [-0.3, -0.25) is 0 Å². The van der Waals surface area contributed by atoms with Gasteiger partial charge in [-0.2, -0.15) is 0 Å². The van der Waals surface area contributed by atoms with Gasteiger partial charge < -0.3 is 10.6 Å². The Kier molecular flexibility index (Phi) is 5.17. The van der Waals surface area contributed by atoms with Crippen molar-refractivity contribution in [3.05, 3.63) is 64.6 Å². The molecular formula is C16H13ClN4S2. The van der Waals surface area contributed by atoms with Crippen LogP contribution in [0.3, 0.4) is 0 Å². The van der Waals surface area contributed by atoms with Crippen molar-refractivity contribution >= 4 is 46.2 Å². The van der Waals surface area contributed by atoms with Gasteiger partial charge >= 0.3 is 0 Å². The smallest absolute Gasteiger partial charge is 0.229 e. The highest BCUT2D eigenvalue weighted by atomic mass is 35.5. The summed E-state index contributed by atoms with van der Waals surface area (Å²) in [6.07, 6.45) is 1.71. The third kappa shape index (κ3) is 4.25. The van der Waals surface area contributed by atoms with Crippen molar-refractivity contribution in [3.63, 3.8) is 0 Å². The topological polar surface area (TPSA) is 49.8 Å². The minimum atomic E-state index is 0.452. The van der Waals surface area contributed by atoms with Crippen LogP contribution in [0.25, 0.3) is 10.6 Å². The number of anilines is 1. The largest absolute Gasteiger partial charge is 0.358 e. The van der Waals surface area contributed by atoms with E-state index in [0.29, 0.717) is 22.6 Å². The van der Waals surface area contributed by atoms with E-state index in [1.807, 2.05) is 47.8 Å². The zero-order chi connectivity index (χ0) is 16.1. The van der Waals surface area contributed by atoms with Gasteiger partial charge in [-0.15, -0.1) is 11.3 Å². The van der Waals surface area contributed by atoms with Gasteiger partial charge in [0.1, 0.15) is 0 Å². The maximum absolute atomic E-state index is 6.12. The number of aromatic nitrogens is 2. The van der Waals surface area contributed by atoms with Gasteiger partial charge in [0.25, 0.3) is 0 Å². The minimum absolute atomic E-state index is 0.452. The minimum Gasteiger partial charge on any atom is -0.358 e. The van der Waals surface area contributed by atoms with Crippen LogP contribution in [0, 0.1) is 0 Å². The molecule has 4 nitrogen and oxygen atoms in total. The summed E-state index contributed by atoms with van der Waals surface area (Å²) < 4.78 is 0. The highest BCUT2D eigenvalue weighted by molar-refractivity contribution is 7.80. The summed E-state index contributed by atoms with van der Waals surface area (Å²) in [5.74, 6) is 0.465. The zero-order valence-corrected chi connectivity index (χ0v) is 14.4. The lowest BCUT2D eigenvalue weighted by Crippen LogP contribution is -2.28. The second-order valence-electron chi connectivity index (χ2n) is 4.64. The lowest BCUT2D eigenvalue weighted by atomic mass is 10.2. The van der Waals surface area contributed by atoms with Crippen LogP contribution in [0.5, 0.6) is 0 Å². The molecule has 0 amide bonds. The molecule has 1 aromatic carbocycles. The van der Waals surface area contributed by atoms with Gasteiger partial charge in [-0.25, -0.2) is 9.97 Å². The third-order valence-corrected chi connectivity index (χ3v) is 4.56. The Morgan fingerprint density at radius 2 is 2.04 bits per heavy atom. The van der Waals surface area contributed by atoms with Crippen molar-refractivity contribution in [2.24, 2.45) is 0 Å². The summed E-state index contributed by atoms with van der Waals surface area (Å²) in [6.45, 7) is 0.538. The van der Waals surface area contributed by atoms with Crippen molar-refractivity contribution < 1.29 is 0 Å². The summed E-state index contributed by atoms with van der Waals surface area (Å²) in [4.78, 5) is 9.74. The SMILES string of the molecule is S=C(NCc1ccccc1Cl)Nc1nccc(-c2cccs2)n1. The van der Waals surface area contributed by atoms with Gasteiger partial charge in [0.2, 0.25) is 5.95 Å². The van der Waals surface area contributed by atoms with E-state index in [0.717, 1.165) is 16.1 Å². The number of thiocarbonyl (C=S) groups is 1. The number of nitrogens with one attached hydrogen (secondary N) is 2. The Hall–Kier alpha value is -2.02. The molecule has 0 saturated heterocycles. The number of halogens is 1. The van der Waals surface area contributed by atoms with Gasteiger partial charge in [-0.1, -0.05) is 35.9 Å². The van der Waals surface area contributed by atoms with Crippen LogP contribution in [-0.4, -0.2) is 15.1 Å². The molecular weight excluding hydrogens is 348 g/mol. The molecule has 0 bridgehead atoms. The monoisotopic (exact) mass is 360 g/mol. The van der Waals surface area contributed by atoms with Crippen LogP contribution in [0.2, 0.25) is 5.02 Å². The number of benzene rings is 1. The molecule has 23 heavy (non-hydrogen) atoms. The number of hydrogen-bond acceptors (Lipinski definition) is 4. The molecule has 0 aliphatic heterocycles. The number of rotatable bonds is 4.